The van der Waals surface area contributed by atoms with Crippen LogP contribution in [0.1, 0.15) is 48.0 Å². The Labute approximate surface area is 84.3 Å². The van der Waals surface area contributed by atoms with Gasteiger partial charge in [0.15, 0.2) is 0 Å². The molecule has 0 aliphatic carbocycles. The molecule has 0 aliphatic heterocycles. The molecule has 0 saturated heterocycles. The summed E-state index contributed by atoms with van der Waals surface area (Å²) in [6, 6.07) is 0. The van der Waals surface area contributed by atoms with Crippen molar-refractivity contribution in [1.29, 1.82) is 0 Å². The first-order valence-electron chi connectivity index (χ1n) is 5.54. The van der Waals surface area contributed by atoms with Crippen molar-refractivity contribution in [2.45, 2.75) is 48.0 Å². The third-order valence-electron chi connectivity index (χ3n) is 2.12. The number of hydrogen-bond acceptors (Lipinski definition) is 1. The molecule has 0 bridgehead atoms. The Morgan fingerprint density at radius 1 is 1.00 bits per heavy atom. The van der Waals surface area contributed by atoms with E-state index in [9.17, 15) is 0 Å². The van der Waals surface area contributed by atoms with E-state index < -0.39 is 0 Å². The van der Waals surface area contributed by atoms with E-state index in [4.69, 9.17) is 0 Å². The highest BCUT2D eigenvalue weighted by Crippen LogP contribution is 2.23. The molecule has 0 atom stereocenters. The van der Waals surface area contributed by atoms with E-state index in [0.29, 0.717) is 5.41 Å². The summed E-state index contributed by atoms with van der Waals surface area (Å²) in [6.07, 6.45) is 1.30. The normalized spacial score (nSPS) is 12.9. The van der Waals surface area contributed by atoms with E-state index in [1.54, 1.807) is 0 Å². The second-order valence-corrected chi connectivity index (χ2v) is 5.79. The maximum absolute atomic E-state index is 3.53. The van der Waals surface area contributed by atoms with Crippen molar-refractivity contribution < 1.29 is 0 Å². The van der Waals surface area contributed by atoms with Crippen LogP contribution in [0.4, 0.5) is 0 Å². The average Bonchev–Trinajstić information content (AvgIpc) is 1.81. The minimum Gasteiger partial charge on any atom is -0.316 e. The largest absolute Gasteiger partial charge is 0.316 e. The standard InChI is InChI=1S/C12H27N/c1-10(2)7-12(5,6)9-13-8-11(3)4/h10-11,13H,7-9H2,1-6H3. The minimum atomic E-state index is 0.447. The number of rotatable bonds is 6. The topological polar surface area (TPSA) is 12.0 Å². The van der Waals surface area contributed by atoms with Crippen molar-refractivity contribution in [2.24, 2.45) is 17.3 Å². The summed E-state index contributed by atoms with van der Waals surface area (Å²) in [7, 11) is 0. The molecule has 0 aromatic carbocycles. The molecule has 0 rings (SSSR count). The second-order valence-electron chi connectivity index (χ2n) is 5.79. The molecule has 0 aliphatic rings. The number of nitrogens with one attached hydrogen (secondary N) is 1. The van der Waals surface area contributed by atoms with Gasteiger partial charge in [-0.15, -0.1) is 0 Å². The van der Waals surface area contributed by atoms with Crippen molar-refractivity contribution in [3.8, 4) is 0 Å². The van der Waals surface area contributed by atoms with Gasteiger partial charge in [0.1, 0.15) is 0 Å². The molecular weight excluding hydrogens is 158 g/mol. The lowest BCUT2D eigenvalue weighted by Crippen LogP contribution is -2.32. The van der Waals surface area contributed by atoms with Crippen LogP contribution >= 0.6 is 0 Å². The molecule has 1 heteroatoms. The van der Waals surface area contributed by atoms with Crippen molar-refractivity contribution in [3.63, 3.8) is 0 Å². The van der Waals surface area contributed by atoms with Crippen LogP contribution in [-0.2, 0) is 0 Å². The molecule has 80 valence electrons. The van der Waals surface area contributed by atoms with Gasteiger partial charge in [-0.2, -0.15) is 0 Å². The average molecular weight is 185 g/mol. The summed E-state index contributed by atoms with van der Waals surface area (Å²) < 4.78 is 0. The predicted octanol–water partition coefficient (Wildman–Crippen LogP) is 3.30. The first-order chi connectivity index (χ1) is 5.83. The van der Waals surface area contributed by atoms with Crippen LogP contribution in [0.15, 0.2) is 0 Å². The monoisotopic (exact) mass is 185 g/mol. The highest BCUT2D eigenvalue weighted by Gasteiger charge is 2.18. The van der Waals surface area contributed by atoms with Gasteiger partial charge in [-0.3, -0.25) is 0 Å². The number of hydrogen-bond donors (Lipinski definition) is 1. The van der Waals surface area contributed by atoms with Gasteiger partial charge in [0.2, 0.25) is 0 Å². The van der Waals surface area contributed by atoms with Crippen LogP contribution < -0.4 is 5.32 Å². The zero-order valence-electron chi connectivity index (χ0n) is 10.3. The van der Waals surface area contributed by atoms with Gasteiger partial charge in [-0.25, -0.2) is 0 Å². The quantitative estimate of drug-likeness (QED) is 0.669. The smallest absolute Gasteiger partial charge is 0.000273 e. The SMILES string of the molecule is CC(C)CNCC(C)(C)CC(C)C. The van der Waals surface area contributed by atoms with Gasteiger partial charge < -0.3 is 5.32 Å². The minimum absolute atomic E-state index is 0.447. The molecule has 0 aromatic rings. The fraction of sp³-hybridized carbons (Fsp3) is 1.00. The Morgan fingerprint density at radius 2 is 1.54 bits per heavy atom. The molecule has 0 aromatic heterocycles. The van der Waals surface area contributed by atoms with Gasteiger partial charge in [0.05, 0.1) is 0 Å². The van der Waals surface area contributed by atoms with E-state index in [2.05, 4.69) is 46.9 Å². The van der Waals surface area contributed by atoms with Crippen LogP contribution in [0.3, 0.4) is 0 Å². The lowest BCUT2D eigenvalue weighted by Gasteiger charge is -2.27. The molecule has 0 saturated carbocycles. The molecule has 0 amide bonds. The zero-order valence-corrected chi connectivity index (χ0v) is 10.3. The highest BCUT2D eigenvalue weighted by molar-refractivity contribution is 4.73. The summed E-state index contributed by atoms with van der Waals surface area (Å²) in [5.41, 5.74) is 0.447. The summed E-state index contributed by atoms with van der Waals surface area (Å²) in [5, 5.41) is 3.53. The van der Waals surface area contributed by atoms with Gasteiger partial charge in [-0.1, -0.05) is 41.5 Å². The molecule has 0 spiro atoms. The Bertz CT molecular complexity index is 125. The van der Waals surface area contributed by atoms with E-state index in [1.165, 1.54) is 6.42 Å². The van der Waals surface area contributed by atoms with E-state index >= 15 is 0 Å². The van der Waals surface area contributed by atoms with Crippen LogP contribution in [0.2, 0.25) is 0 Å². The lowest BCUT2D eigenvalue weighted by molar-refractivity contribution is 0.269. The van der Waals surface area contributed by atoms with Gasteiger partial charge >= 0.3 is 0 Å². The third-order valence-corrected chi connectivity index (χ3v) is 2.12. The molecule has 0 radical (unpaired) electrons. The van der Waals surface area contributed by atoms with Crippen molar-refractivity contribution in [1.82, 2.24) is 5.32 Å². The molecule has 0 heterocycles. The predicted molar refractivity (Wildman–Crippen MR) is 60.9 cm³/mol. The molecule has 0 fully saturated rings. The Balaban J connectivity index is 3.62. The van der Waals surface area contributed by atoms with Gasteiger partial charge in [0.25, 0.3) is 0 Å². The van der Waals surface area contributed by atoms with Gasteiger partial charge in [0, 0.05) is 6.54 Å². The first-order valence-corrected chi connectivity index (χ1v) is 5.54. The van der Waals surface area contributed by atoms with Crippen molar-refractivity contribution >= 4 is 0 Å². The summed E-state index contributed by atoms with van der Waals surface area (Å²) in [5.74, 6) is 1.56. The summed E-state index contributed by atoms with van der Waals surface area (Å²) in [4.78, 5) is 0. The molecule has 13 heavy (non-hydrogen) atoms. The van der Waals surface area contributed by atoms with Crippen LogP contribution in [0, 0.1) is 17.3 Å². The van der Waals surface area contributed by atoms with Crippen LogP contribution in [0.25, 0.3) is 0 Å². The highest BCUT2D eigenvalue weighted by atomic mass is 14.9. The maximum Gasteiger partial charge on any atom is 0.000273 e. The van der Waals surface area contributed by atoms with Crippen LogP contribution in [0.5, 0.6) is 0 Å². The second kappa shape index (κ2) is 5.64. The van der Waals surface area contributed by atoms with E-state index in [1.807, 2.05) is 0 Å². The Kier molecular flexibility index (Phi) is 5.62. The Hall–Kier alpha value is -0.0400. The molecular formula is C12H27N. The first kappa shape index (κ1) is 13.0. The van der Waals surface area contributed by atoms with Gasteiger partial charge in [-0.05, 0) is 30.2 Å². The molecule has 0 unspecified atom stereocenters. The lowest BCUT2D eigenvalue weighted by atomic mass is 9.84. The van der Waals surface area contributed by atoms with Crippen molar-refractivity contribution in [2.75, 3.05) is 13.1 Å². The summed E-state index contributed by atoms with van der Waals surface area (Å²) in [6.45, 7) is 16.1. The van der Waals surface area contributed by atoms with E-state index in [0.717, 1.165) is 24.9 Å². The third kappa shape index (κ3) is 8.29. The van der Waals surface area contributed by atoms with Crippen molar-refractivity contribution in [3.05, 3.63) is 0 Å². The molecule has 1 N–H and O–H groups in total. The van der Waals surface area contributed by atoms with Crippen LogP contribution in [-0.4, -0.2) is 13.1 Å². The maximum atomic E-state index is 3.53. The fourth-order valence-corrected chi connectivity index (χ4v) is 1.88. The Morgan fingerprint density at radius 3 is 1.92 bits per heavy atom. The zero-order chi connectivity index (χ0) is 10.5. The fourth-order valence-electron chi connectivity index (χ4n) is 1.88. The summed E-state index contributed by atoms with van der Waals surface area (Å²) >= 11 is 0. The van der Waals surface area contributed by atoms with E-state index in [-0.39, 0.29) is 0 Å². The molecule has 1 nitrogen and oxygen atoms in total.